The minimum Gasteiger partial charge on any atom is -0.489 e. The fraction of sp³-hybridized carbons (Fsp3) is 0.444. The average Bonchev–Trinajstić information content (AvgIpc) is 3.06. The van der Waals surface area contributed by atoms with Gasteiger partial charge in [0.2, 0.25) is 0 Å². The number of halogens is 2. The topological polar surface area (TPSA) is 58.5 Å². The van der Waals surface area contributed by atoms with Gasteiger partial charge in [0.25, 0.3) is 0 Å². The van der Waals surface area contributed by atoms with E-state index < -0.39 is 0 Å². The lowest BCUT2D eigenvalue weighted by Gasteiger charge is -2.17. The molecule has 1 unspecified atom stereocenters. The van der Waals surface area contributed by atoms with Gasteiger partial charge in [-0.2, -0.15) is 0 Å². The number of hydrogen-bond donors (Lipinski definition) is 2. The predicted molar refractivity (Wildman–Crippen MR) is 116 cm³/mol. The van der Waals surface area contributed by atoms with Crippen LogP contribution in [-0.4, -0.2) is 30.6 Å². The summed E-state index contributed by atoms with van der Waals surface area (Å²) in [5.41, 5.74) is 1.12. The van der Waals surface area contributed by atoms with Crippen molar-refractivity contribution in [3.8, 4) is 5.75 Å². The fourth-order valence-electron chi connectivity index (χ4n) is 2.08. The standard InChI is InChI=1S/C18H25FN4OS.HI/c1-12(2)16-11-25-17(23-16)10-22-18(20-4)21-9-13(3)24-15-7-5-14(19)6-8-15;/h5-8,11-13H,9-10H2,1-4H3,(H2,20,21,22);1H. The van der Waals surface area contributed by atoms with Crippen LogP contribution in [0.3, 0.4) is 0 Å². The summed E-state index contributed by atoms with van der Waals surface area (Å²) in [6.07, 6.45) is -0.0867. The van der Waals surface area contributed by atoms with Gasteiger partial charge in [-0.3, -0.25) is 4.99 Å². The van der Waals surface area contributed by atoms with Crippen LogP contribution in [0, 0.1) is 5.82 Å². The molecule has 0 aliphatic rings. The molecule has 5 nitrogen and oxygen atoms in total. The summed E-state index contributed by atoms with van der Waals surface area (Å²) in [6.45, 7) is 7.42. The number of nitrogens with zero attached hydrogens (tertiary/aromatic N) is 2. The van der Waals surface area contributed by atoms with E-state index in [1.807, 2.05) is 6.92 Å². The van der Waals surface area contributed by atoms with Gasteiger partial charge in [0.1, 0.15) is 22.7 Å². The average molecular weight is 492 g/mol. The molecular weight excluding hydrogens is 466 g/mol. The van der Waals surface area contributed by atoms with Gasteiger partial charge in [-0.05, 0) is 37.1 Å². The Kier molecular flexibility index (Phi) is 9.85. The van der Waals surface area contributed by atoms with E-state index in [0.717, 1.165) is 10.7 Å². The van der Waals surface area contributed by atoms with Gasteiger partial charge >= 0.3 is 0 Å². The number of hydrogen-bond acceptors (Lipinski definition) is 4. The number of guanidine groups is 1. The Morgan fingerprint density at radius 1 is 1.23 bits per heavy atom. The second-order valence-corrected chi connectivity index (χ2v) is 6.95. The molecule has 0 spiro atoms. The Morgan fingerprint density at radius 3 is 2.50 bits per heavy atom. The molecule has 144 valence electrons. The number of aromatic nitrogens is 1. The number of rotatable bonds is 7. The Bertz CT molecular complexity index is 691. The number of aliphatic imine (C=N–C) groups is 1. The monoisotopic (exact) mass is 492 g/mol. The highest BCUT2D eigenvalue weighted by atomic mass is 127. The van der Waals surface area contributed by atoms with Gasteiger partial charge in [0.05, 0.1) is 18.8 Å². The number of ether oxygens (including phenoxy) is 1. The van der Waals surface area contributed by atoms with Gasteiger partial charge in [0, 0.05) is 12.4 Å². The minimum atomic E-state index is -0.273. The van der Waals surface area contributed by atoms with Crippen molar-refractivity contribution in [1.29, 1.82) is 0 Å². The third-order valence-electron chi connectivity index (χ3n) is 3.50. The summed E-state index contributed by atoms with van der Waals surface area (Å²) < 4.78 is 18.6. The van der Waals surface area contributed by atoms with Crippen molar-refractivity contribution in [2.45, 2.75) is 39.3 Å². The molecule has 0 aliphatic carbocycles. The van der Waals surface area contributed by atoms with Gasteiger partial charge in [-0.15, -0.1) is 35.3 Å². The lowest BCUT2D eigenvalue weighted by molar-refractivity contribution is 0.223. The molecule has 1 aromatic carbocycles. The number of thiazole rings is 1. The molecule has 1 atom stereocenters. The maximum Gasteiger partial charge on any atom is 0.191 e. The lowest BCUT2D eigenvalue weighted by Crippen LogP contribution is -2.41. The van der Waals surface area contributed by atoms with Crippen LogP contribution in [-0.2, 0) is 6.54 Å². The van der Waals surface area contributed by atoms with E-state index in [2.05, 4.69) is 39.8 Å². The molecule has 0 fully saturated rings. The smallest absolute Gasteiger partial charge is 0.191 e. The zero-order valence-electron chi connectivity index (χ0n) is 15.5. The van der Waals surface area contributed by atoms with Crippen molar-refractivity contribution >= 4 is 41.3 Å². The Hall–Kier alpha value is -1.42. The fourth-order valence-corrected chi connectivity index (χ4v) is 2.97. The highest BCUT2D eigenvalue weighted by Gasteiger charge is 2.08. The van der Waals surface area contributed by atoms with Crippen molar-refractivity contribution in [1.82, 2.24) is 15.6 Å². The van der Waals surface area contributed by atoms with Gasteiger partial charge in [-0.1, -0.05) is 13.8 Å². The third kappa shape index (κ3) is 7.45. The van der Waals surface area contributed by atoms with Crippen LogP contribution in [0.25, 0.3) is 0 Å². The van der Waals surface area contributed by atoms with Crippen molar-refractivity contribution in [3.05, 3.63) is 46.2 Å². The molecule has 1 aromatic heterocycles. The van der Waals surface area contributed by atoms with Crippen LogP contribution in [0.2, 0.25) is 0 Å². The summed E-state index contributed by atoms with van der Waals surface area (Å²) in [6, 6.07) is 6.01. The summed E-state index contributed by atoms with van der Waals surface area (Å²) in [7, 11) is 1.72. The zero-order valence-corrected chi connectivity index (χ0v) is 18.6. The SMILES string of the molecule is CN=C(NCc1nc(C(C)C)cs1)NCC(C)Oc1ccc(F)cc1.I. The lowest BCUT2D eigenvalue weighted by atomic mass is 10.2. The Labute approximate surface area is 175 Å². The molecule has 2 aromatic rings. The number of nitrogens with one attached hydrogen (secondary N) is 2. The quantitative estimate of drug-likeness (QED) is 0.347. The first-order chi connectivity index (χ1) is 12.0. The van der Waals surface area contributed by atoms with Crippen LogP contribution in [0.4, 0.5) is 4.39 Å². The largest absolute Gasteiger partial charge is 0.489 e. The highest BCUT2D eigenvalue weighted by Crippen LogP contribution is 2.17. The van der Waals surface area contributed by atoms with E-state index in [-0.39, 0.29) is 35.9 Å². The van der Waals surface area contributed by atoms with Crippen LogP contribution >= 0.6 is 35.3 Å². The predicted octanol–water partition coefficient (Wildman–Crippen LogP) is 4.16. The summed E-state index contributed by atoms with van der Waals surface area (Å²) in [5, 5.41) is 9.59. The van der Waals surface area contributed by atoms with Crippen LogP contribution < -0.4 is 15.4 Å². The van der Waals surface area contributed by atoms with Crippen molar-refractivity contribution in [2.24, 2.45) is 4.99 Å². The first-order valence-corrected chi connectivity index (χ1v) is 9.17. The normalized spacial score (nSPS) is 12.5. The van der Waals surface area contributed by atoms with Crippen LogP contribution in [0.1, 0.15) is 37.4 Å². The summed E-state index contributed by atoms with van der Waals surface area (Å²) >= 11 is 1.65. The molecule has 0 radical (unpaired) electrons. The Balaban J connectivity index is 0.00000338. The van der Waals surface area contributed by atoms with Crippen molar-refractivity contribution in [2.75, 3.05) is 13.6 Å². The van der Waals surface area contributed by atoms with E-state index in [1.165, 1.54) is 12.1 Å². The first-order valence-electron chi connectivity index (χ1n) is 8.29. The molecule has 0 saturated carbocycles. The third-order valence-corrected chi connectivity index (χ3v) is 4.37. The van der Waals surface area contributed by atoms with Gasteiger partial charge in [0.15, 0.2) is 5.96 Å². The second-order valence-electron chi connectivity index (χ2n) is 6.01. The maximum atomic E-state index is 12.9. The van der Waals surface area contributed by atoms with Crippen molar-refractivity contribution in [3.63, 3.8) is 0 Å². The van der Waals surface area contributed by atoms with Crippen LogP contribution in [0.15, 0.2) is 34.6 Å². The van der Waals surface area contributed by atoms with E-state index in [0.29, 0.717) is 30.7 Å². The van der Waals surface area contributed by atoms with E-state index >= 15 is 0 Å². The second kappa shape index (κ2) is 11.3. The van der Waals surface area contributed by atoms with E-state index in [4.69, 9.17) is 4.74 Å². The molecule has 1 heterocycles. The molecule has 0 bridgehead atoms. The van der Waals surface area contributed by atoms with Crippen molar-refractivity contribution < 1.29 is 9.13 Å². The van der Waals surface area contributed by atoms with Gasteiger partial charge in [-0.25, -0.2) is 9.37 Å². The summed E-state index contributed by atoms with van der Waals surface area (Å²) in [4.78, 5) is 8.79. The maximum absolute atomic E-state index is 12.9. The molecule has 0 saturated heterocycles. The molecular formula is C18H26FIN4OS. The zero-order chi connectivity index (χ0) is 18.2. The first kappa shape index (κ1) is 22.6. The van der Waals surface area contributed by atoms with Gasteiger partial charge < -0.3 is 15.4 Å². The van der Waals surface area contributed by atoms with E-state index in [9.17, 15) is 4.39 Å². The number of benzene rings is 1. The molecule has 0 aliphatic heterocycles. The molecule has 2 N–H and O–H groups in total. The minimum absolute atomic E-state index is 0. The molecule has 8 heteroatoms. The molecule has 2 rings (SSSR count). The molecule has 0 amide bonds. The van der Waals surface area contributed by atoms with Crippen LogP contribution in [0.5, 0.6) is 5.75 Å². The molecule has 26 heavy (non-hydrogen) atoms. The summed E-state index contributed by atoms with van der Waals surface area (Å²) in [5.74, 6) is 1.50. The Morgan fingerprint density at radius 2 is 1.92 bits per heavy atom. The highest BCUT2D eigenvalue weighted by molar-refractivity contribution is 14.0. The van der Waals surface area contributed by atoms with E-state index in [1.54, 1.807) is 30.5 Å².